The minimum Gasteiger partial charge on any atom is -0.466 e. The van der Waals surface area contributed by atoms with Gasteiger partial charge in [-0.3, -0.25) is 18.6 Å². The van der Waals surface area contributed by atoms with Crippen molar-refractivity contribution >= 4 is 19.8 Å². The molecule has 1 aromatic heterocycles. The zero-order valence-electron chi connectivity index (χ0n) is 39.5. The number of phosphoric ester groups is 1. The Kier molecular flexibility index (Phi) is 28.9. The van der Waals surface area contributed by atoms with Crippen molar-refractivity contribution in [1.82, 2.24) is 0 Å². The Morgan fingerprint density at radius 1 is 0.694 bits per heavy atom. The van der Waals surface area contributed by atoms with Gasteiger partial charge < -0.3 is 28.0 Å². The Morgan fingerprint density at radius 3 is 1.84 bits per heavy atom. The molecule has 2 heterocycles. The Hall–Kier alpha value is -3.05. The van der Waals surface area contributed by atoms with E-state index in [1.165, 1.54) is 30.4 Å². The van der Waals surface area contributed by atoms with Crippen LogP contribution in [-0.4, -0.2) is 87.1 Å². The quantitative estimate of drug-likeness (QED) is 0.0172. The molecule has 0 saturated carbocycles. The topological polar surface area (TPSA) is 134 Å². The highest BCUT2D eigenvalue weighted by atomic mass is 31.2. The number of ether oxygens (including phenoxy) is 3. The number of furan rings is 1. The molecule has 3 unspecified atom stereocenters. The molecule has 0 aromatic carbocycles. The standard InChI is InChI=1S/C50H82NO10P/c1-8-10-27-34-47-48(61-47)35-29-24-20-15-13-11-12-14-16-22-26-31-37-50(53)59-44(41-58-62(54,55)57-39-38-51(5,6)7)40-56-49(52)36-30-25-21-18-17-19-23-28-33-46-43(4)42(3)45(60-46)32-9-2/h10,12-15,22,24,26-27,29,44,47-48H,8-9,11,16-21,23,25,28,30-41H2,1-7H3/p+1/b14-12-,15-13-,26-22-,27-10-,29-24-/t44-,47?,48?/m1/s1. The second kappa shape index (κ2) is 32.6. The van der Waals surface area contributed by atoms with Gasteiger partial charge in [0.2, 0.25) is 0 Å². The van der Waals surface area contributed by atoms with Gasteiger partial charge in [0.05, 0.1) is 40.0 Å². The van der Waals surface area contributed by atoms with Gasteiger partial charge in [0.25, 0.3) is 0 Å². The summed E-state index contributed by atoms with van der Waals surface area (Å²) in [5.74, 6) is 1.36. The van der Waals surface area contributed by atoms with E-state index < -0.39 is 32.5 Å². The fourth-order valence-electron chi connectivity index (χ4n) is 6.66. The van der Waals surface area contributed by atoms with Crippen LogP contribution in [-0.2, 0) is 50.3 Å². The SMILES string of the molecule is CC/C=C\CC1OC1C/C=C\C/C=C\C/C=C\C/C=C\CCC(=O)O[C@H](COC(=O)CCCCCCCCCCc1oc(CCC)c(C)c1C)COP(=O)(O)OCC[N+](C)(C)C. The number of nitrogens with zero attached hydrogens (tertiary/aromatic N) is 1. The predicted molar refractivity (Wildman–Crippen MR) is 250 cm³/mol. The minimum atomic E-state index is -4.42. The Labute approximate surface area is 375 Å². The Morgan fingerprint density at radius 2 is 1.24 bits per heavy atom. The third-order valence-electron chi connectivity index (χ3n) is 10.7. The number of rotatable bonds is 37. The number of likely N-dealkylation sites (N-methyl/N-ethyl adjacent to an activating group) is 1. The van der Waals surface area contributed by atoms with E-state index in [9.17, 15) is 19.0 Å². The summed E-state index contributed by atoms with van der Waals surface area (Å²) >= 11 is 0. The zero-order chi connectivity index (χ0) is 45.5. The predicted octanol–water partition coefficient (Wildman–Crippen LogP) is 11.9. The van der Waals surface area contributed by atoms with E-state index in [4.69, 9.17) is 27.7 Å². The highest BCUT2D eigenvalue weighted by molar-refractivity contribution is 7.47. The molecule has 0 bridgehead atoms. The second-order valence-corrected chi connectivity index (χ2v) is 18.8. The fraction of sp³-hybridized carbons (Fsp3) is 0.680. The molecule has 0 aliphatic carbocycles. The maximum absolute atomic E-state index is 12.7. The zero-order valence-corrected chi connectivity index (χ0v) is 40.4. The van der Waals surface area contributed by atoms with Crippen molar-refractivity contribution in [1.29, 1.82) is 0 Å². The van der Waals surface area contributed by atoms with Gasteiger partial charge in [0.1, 0.15) is 31.3 Å². The summed E-state index contributed by atoms with van der Waals surface area (Å²) in [6.07, 6.45) is 38.9. The normalized spacial score (nSPS) is 17.3. The first-order chi connectivity index (χ1) is 29.7. The van der Waals surface area contributed by atoms with Gasteiger partial charge in [0, 0.05) is 25.7 Å². The lowest BCUT2D eigenvalue weighted by molar-refractivity contribution is -0.870. The molecule has 0 amide bonds. The second-order valence-electron chi connectivity index (χ2n) is 17.4. The number of carbonyl (C=O) groups excluding carboxylic acids is 2. The molecule has 4 atom stereocenters. The monoisotopic (exact) mass is 889 g/mol. The third kappa shape index (κ3) is 27.9. The van der Waals surface area contributed by atoms with Gasteiger partial charge in [-0.15, -0.1) is 0 Å². The molecular weight excluding hydrogens is 806 g/mol. The molecule has 62 heavy (non-hydrogen) atoms. The maximum Gasteiger partial charge on any atom is 0.472 e. The van der Waals surface area contributed by atoms with Crippen LogP contribution in [0.4, 0.5) is 0 Å². The lowest BCUT2D eigenvalue weighted by Crippen LogP contribution is -2.37. The summed E-state index contributed by atoms with van der Waals surface area (Å²) in [6, 6.07) is 0. The van der Waals surface area contributed by atoms with Crippen molar-refractivity contribution in [2.75, 3.05) is 47.5 Å². The fourth-order valence-corrected chi connectivity index (χ4v) is 7.40. The molecule has 1 aliphatic rings. The summed E-state index contributed by atoms with van der Waals surface area (Å²) in [6.45, 7) is 8.42. The van der Waals surface area contributed by atoms with E-state index in [0.29, 0.717) is 36.1 Å². The smallest absolute Gasteiger partial charge is 0.466 e. The van der Waals surface area contributed by atoms with E-state index in [2.05, 4.69) is 76.3 Å². The first-order valence-electron chi connectivity index (χ1n) is 23.5. The summed E-state index contributed by atoms with van der Waals surface area (Å²) in [5.41, 5.74) is 2.62. The maximum atomic E-state index is 12.7. The molecule has 11 nitrogen and oxygen atoms in total. The summed E-state index contributed by atoms with van der Waals surface area (Å²) in [7, 11) is 1.39. The van der Waals surface area contributed by atoms with Crippen LogP contribution in [0, 0.1) is 13.8 Å². The molecule has 0 spiro atoms. The summed E-state index contributed by atoms with van der Waals surface area (Å²) in [5, 5.41) is 0. The number of carbonyl (C=O) groups is 2. The van der Waals surface area contributed by atoms with Gasteiger partial charge in [-0.1, -0.05) is 113 Å². The molecule has 1 aliphatic heterocycles. The van der Waals surface area contributed by atoms with Crippen molar-refractivity contribution in [3.8, 4) is 0 Å². The molecule has 1 N–H and O–H groups in total. The highest BCUT2D eigenvalue weighted by Crippen LogP contribution is 2.43. The summed E-state index contributed by atoms with van der Waals surface area (Å²) in [4.78, 5) is 35.5. The van der Waals surface area contributed by atoms with E-state index in [0.717, 1.165) is 95.0 Å². The van der Waals surface area contributed by atoms with Crippen LogP contribution in [0.2, 0.25) is 0 Å². The van der Waals surface area contributed by atoms with Crippen LogP contribution < -0.4 is 0 Å². The van der Waals surface area contributed by atoms with Crippen LogP contribution in [0.15, 0.2) is 65.2 Å². The lowest BCUT2D eigenvalue weighted by Gasteiger charge is -2.24. The number of esters is 2. The molecule has 1 saturated heterocycles. The molecule has 1 fully saturated rings. The van der Waals surface area contributed by atoms with Gasteiger partial charge in [-0.2, -0.15) is 0 Å². The van der Waals surface area contributed by atoms with Crippen molar-refractivity contribution in [3.63, 3.8) is 0 Å². The molecule has 12 heteroatoms. The van der Waals surface area contributed by atoms with Crippen LogP contribution in [0.3, 0.4) is 0 Å². The molecule has 2 rings (SSSR count). The van der Waals surface area contributed by atoms with Crippen molar-refractivity contribution < 1.29 is 51.2 Å². The first-order valence-corrected chi connectivity index (χ1v) is 25.0. The van der Waals surface area contributed by atoms with Crippen LogP contribution in [0.25, 0.3) is 0 Å². The largest absolute Gasteiger partial charge is 0.472 e. The number of hydrogen-bond donors (Lipinski definition) is 1. The number of quaternary nitrogens is 1. The summed E-state index contributed by atoms with van der Waals surface area (Å²) < 4.78 is 46.1. The molecule has 1 aromatic rings. The Balaban J connectivity index is 1.64. The van der Waals surface area contributed by atoms with Crippen LogP contribution >= 0.6 is 7.82 Å². The Bertz CT molecular complexity index is 1590. The van der Waals surface area contributed by atoms with Crippen molar-refractivity contribution in [2.24, 2.45) is 0 Å². The van der Waals surface area contributed by atoms with Crippen molar-refractivity contribution in [3.05, 3.63) is 83.4 Å². The number of allylic oxidation sites excluding steroid dienone is 8. The molecular formula is C50H83NO10P+. The number of hydrogen-bond acceptors (Lipinski definition) is 9. The molecule has 352 valence electrons. The van der Waals surface area contributed by atoms with E-state index in [1.54, 1.807) is 0 Å². The van der Waals surface area contributed by atoms with Gasteiger partial charge in [-0.25, -0.2) is 4.57 Å². The number of unbranched alkanes of at least 4 members (excludes halogenated alkanes) is 7. The van der Waals surface area contributed by atoms with E-state index in [1.807, 2.05) is 33.3 Å². The van der Waals surface area contributed by atoms with Gasteiger partial charge in [0.15, 0.2) is 6.10 Å². The van der Waals surface area contributed by atoms with Crippen molar-refractivity contribution in [2.45, 2.75) is 174 Å². The van der Waals surface area contributed by atoms with Crippen LogP contribution in [0.1, 0.15) is 152 Å². The average molecular weight is 889 g/mol. The number of epoxide rings is 1. The van der Waals surface area contributed by atoms with Gasteiger partial charge in [-0.05, 0) is 89.2 Å². The highest BCUT2D eigenvalue weighted by Gasteiger charge is 2.36. The third-order valence-corrected chi connectivity index (χ3v) is 11.6. The number of aryl methyl sites for hydroxylation is 2. The lowest BCUT2D eigenvalue weighted by atomic mass is 10.0. The number of phosphoric acid groups is 1. The average Bonchev–Trinajstić information content (AvgIpc) is 3.92. The first kappa shape index (κ1) is 55.1. The van der Waals surface area contributed by atoms with E-state index >= 15 is 0 Å². The minimum absolute atomic E-state index is 0.00669. The van der Waals surface area contributed by atoms with Crippen LogP contribution in [0.5, 0.6) is 0 Å². The van der Waals surface area contributed by atoms with Gasteiger partial charge >= 0.3 is 19.8 Å². The molecule has 0 radical (unpaired) electrons. The van der Waals surface area contributed by atoms with E-state index in [-0.39, 0.29) is 26.1 Å².